The van der Waals surface area contributed by atoms with Crippen molar-refractivity contribution in [3.05, 3.63) is 0 Å². The average Bonchev–Trinajstić information content (AvgIpc) is 2.53. The molecule has 8 N–H and O–H groups in total. The molecule has 0 heterocycles. The van der Waals surface area contributed by atoms with Crippen LogP contribution in [0.1, 0.15) is 0 Å². The Morgan fingerprint density at radius 3 is 2.04 bits per heavy atom. The van der Waals surface area contributed by atoms with Gasteiger partial charge in [-0.25, -0.2) is 4.79 Å². The molecule has 0 rings (SSSR count). The largest absolute Gasteiger partial charge is 0.480 e. The normalized spacial score (nSPS) is 14.3. The highest BCUT2D eigenvalue weighted by molar-refractivity contribution is 7.80. The summed E-state index contributed by atoms with van der Waals surface area (Å²) in [7, 11) is 0. The molecule has 3 unspecified atom stereocenters. The Labute approximate surface area is 137 Å². The summed E-state index contributed by atoms with van der Waals surface area (Å²) in [6.07, 6.45) is 0. The van der Waals surface area contributed by atoms with Crippen molar-refractivity contribution < 1.29 is 34.5 Å². The van der Waals surface area contributed by atoms with E-state index in [9.17, 15) is 19.2 Å². The number of nitrogens with one attached hydrogen (secondary N) is 3. The molecule has 0 aliphatic carbocycles. The highest BCUT2D eigenvalue weighted by Crippen LogP contribution is 1.92. The fourth-order valence-electron chi connectivity index (χ4n) is 1.28. The van der Waals surface area contributed by atoms with Crippen LogP contribution in [0.2, 0.25) is 0 Å². The van der Waals surface area contributed by atoms with Crippen molar-refractivity contribution >= 4 is 36.3 Å². The number of carbonyl (C=O) groups excluding carboxylic acids is 3. The molecule has 3 amide bonds. The minimum atomic E-state index is -1.51. The van der Waals surface area contributed by atoms with Crippen LogP contribution < -0.4 is 21.7 Å². The van der Waals surface area contributed by atoms with Gasteiger partial charge in [-0.2, -0.15) is 12.6 Å². The third-order valence-corrected chi connectivity index (χ3v) is 2.95. The Kier molecular flexibility index (Phi) is 9.89. The minimum Gasteiger partial charge on any atom is -0.480 e. The Morgan fingerprint density at radius 2 is 1.61 bits per heavy atom. The zero-order valence-corrected chi connectivity index (χ0v) is 13.0. The number of aliphatic carboxylic acids is 1. The van der Waals surface area contributed by atoms with E-state index in [1.54, 1.807) is 0 Å². The molecule has 3 atom stereocenters. The second kappa shape index (κ2) is 10.8. The summed E-state index contributed by atoms with van der Waals surface area (Å²) in [5, 5.41) is 32.6. The minimum absolute atomic E-state index is 0.139. The van der Waals surface area contributed by atoms with Crippen LogP contribution in [0.5, 0.6) is 0 Å². The third-order valence-electron chi connectivity index (χ3n) is 2.59. The zero-order valence-electron chi connectivity index (χ0n) is 12.1. The van der Waals surface area contributed by atoms with Crippen molar-refractivity contribution in [2.24, 2.45) is 5.73 Å². The van der Waals surface area contributed by atoms with E-state index in [4.69, 9.17) is 21.1 Å². The molecule has 0 aromatic heterocycles. The maximum absolute atomic E-state index is 11.8. The molecule has 0 aliphatic heterocycles. The molecule has 132 valence electrons. The van der Waals surface area contributed by atoms with Crippen LogP contribution in [-0.4, -0.2) is 82.6 Å². The van der Waals surface area contributed by atoms with Gasteiger partial charge in [-0.15, -0.1) is 0 Å². The first-order valence-electron chi connectivity index (χ1n) is 6.45. The van der Waals surface area contributed by atoms with E-state index in [0.29, 0.717) is 0 Å². The Bertz CT molecular complexity index is 448. The molecular weight excluding hydrogens is 332 g/mol. The van der Waals surface area contributed by atoms with Crippen LogP contribution in [0.25, 0.3) is 0 Å². The van der Waals surface area contributed by atoms with Gasteiger partial charge >= 0.3 is 5.97 Å². The molecular formula is C11H20N4O7S. The fraction of sp³-hybridized carbons (Fsp3) is 0.636. The lowest BCUT2D eigenvalue weighted by Crippen LogP contribution is -2.55. The van der Waals surface area contributed by atoms with Gasteiger partial charge in [0.15, 0.2) is 0 Å². The molecule has 0 spiro atoms. The van der Waals surface area contributed by atoms with E-state index >= 15 is 0 Å². The van der Waals surface area contributed by atoms with Gasteiger partial charge in [-0.3, -0.25) is 14.4 Å². The molecule has 11 nitrogen and oxygen atoms in total. The van der Waals surface area contributed by atoms with E-state index in [1.165, 1.54) is 0 Å². The van der Waals surface area contributed by atoms with E-state index in [2.05, 4.69) is 23.3 Å². The first kappa shape index (κ1) is 21.1. The molecule has 0 bridgehead atoms. The smallest absolute Gasteiger partial charge is 0.328 e. The highest BCUT2D eigenvalue weighted by Gasteiger charge is 2.25. The summed E-state index contributed by atoms with van der Waals surface area (Å²) >= 11 is 3.86. The van der Waals surface area contributed by atoms with Crippen LogP contribution in [0.3, 0.4) is 0 Å². The maximum Gasteiger partial charge on any atom is 0.328 e. The van der Waals surface area contributed by atoms with Crippen molar-refractivity contribution in [3.8, 4) is 0 Å². The van der Waals surface area contributed by atoms with E-state index < -0.39 is 61.6 Å². The molecule has 23 heavy (non-hydrogen) atoms. The quantitative estimate of drug-likeness (QED) is 0.180. The Morgan fingerprint density at radius 1 is 1.00 bits per heavy atom. The summed E-state index contributed by atoms with van der Waals surface area (Å²) in [5.74, 6) is -3.92. The number of hydrogen-bond acceptors (Lipinski definition) is 8. The number of carbonyl (C=O) groups is 4. The number of thiol groups is 1. The topological polar surface area (TPSA) is 191 Å². The van der Waals surface area contributed by atoms with Crippen LogP contribution in [0, 0.1) is 0 Å². The number of amides is 3. The number of carboxylic acids is 1. The number of hydrogen-bond donors (Lipinski definition) is 8. The van der Waals surface area contributed by atoms with Crippen molar-refractivity contribution in [1.82, 2.24) is 16.0 Å². The van der Waals surface area contributed by atoms with Crippen LogP contribution in [0.15, 0.2) is 0 Å². The first-order chi connectivity index (χ1) is 10.8. The fourth-order valence-corrected chi connectivity index (χ4v) is 1.54. The van der Waals surface area contributed by atoms with E-state index in [0.717, 1.165) is 0 Å². The van der Waals surface area contributed by atoms with Crippen LogP contribution in [0.4, 0.5) is 0 Å². The number of aliphatic hydroxyl groups excluding tert-OH is 2. The molecule has 0 aliphatic rings. The summed E-state index contributed by atoms with van der Waals surface area (Å²) < 4.78 is 0. The van der Waals surface area contributed by atoms with Crippen molar-refractivity contribution in [1.29, 1.82) is 0 Å². The van der Waals surface area contributed by atoms with Gasteiger partial charge in [0.2, 0.25) is 17.7 Å². The lowest BCUT2D eigenvalue weighted by molar-refractivity contribution is -0.143. The summed E-state index contributed by atoms with van der Waals surface area (Å²) in [6.45, 7) is -1.90. The van der Waals surface area contributed by atoms with Gasteiger partial charge in [-0.05, 0) is 0 Å². The monoisotopic (exact) mass is 352 g/mol. The third kappa shape index (κ3) is 7.78. The van der Waals surface area contributed by atoms with Crippen molar-refractivity contribution in [2.75, 3.05) is 25.5 Å². The lowest BCUT2D eigenvalue weighted by Gasteiger charge is -2.19. The van der Waals surface area contributed by atoms with Gasteiger partial charge in [-0.1, -0.05) is 0 Å². The van der Waals surface area contributed by atoms with E-state index in [1.807, 2.05) is 5.32 Å². The first-order valence-corrected chi connectivity index (χ1v) is 7.08. The van der Waals surface area contributed by atoms with Crippen molar-refractivity contribution in [3.63, 3.8) is 0 Å². The predicted molar refractivity (Wildman–Crippen MR) is 80.5 cm³/mol. The molecule has 0 saturated carbocycles. The number of nitrogens with two attached hydrogens (primary N) is 1. The summed E-state index contributed by atoms with van der Waals surface area (Å²) in [6, 6.07) is -3.85. The SMILES string of the molecule is NC(CO)C(=O)NCC(=O)NC(CS)C(=O)NC(CO)C(=O)O. The molecule has 0 fully saturated rings. The van der Waals surface area contributed by atoms with Crippen molar-refractivity contribution in [2.45, 2.75) is 18.1 Å². The summed E-state index contributed by atoms with van der Waals surface area (Å²) in [4.78, 5) is 45.4. The highest BCUT2D eigenvalue weighted by atomic mass is 32.1. The molecule has 0 aromatic carbocycles. The number of rotatable bonds is 10. The molecule has 0 radical (unpaired) electrons. The van der Waals surface area contributed by atoms with Gasteiger partial charge in [0, 0.05) is 5.75 Å². The standard InChI is InChI=1S/C11H20N4O7S/c12-5(2-16)9(19)13-1-8(18)14-7(4-23)10(20)15-6(3-17)11(21)22/h5-7,16-17,23H,1-4,12H2,(H,13,19)(H,14,18)(H,15,20)(H,21,22). The Balaban J connectivity index is 4.46. The second-order valence-electron chi connectivity index (χ2n) is 4.39. The summed E-state index contributed by atoms with van der Waals surface area (Å²) in [5.41, 5.74) is 5.23. The van der Waals surface area contributed by atoms with Gasteiger partial charge in [0.25, 0.3) is 0 Å². The zero-order chi connectivity index (χ0) is 18.0. The van der Waals surface area contributed by atoms with Gasteiger partial charge in [0.05, 0.1) is 19.8 Å². The Hall–Kier alpha value is -1.89. The number of carboxylic acid groups (broad SMARTS) is 1. The molecule has 0 saturated heterocycles. The molecule has 0 aromatic rings. The lowest BCUT2D eigenvalue weighted by atomic mass is 10.2. The predicted octanol–water partition coefficient (Wildman–Crippen LogP) is -4.60. The van der Waals surface area contributed by atoms with Gasteiger partial charge in [0.1, 0.15) is 18.1 Å². The van der Waals surface area contributed by atoms with E-state index in [-0.39, 0.29) is 5.75 Å². The molecule has 12 heteroatoms. The maximum atomic E-state index is 11.8. The van der Waals surface area contributed by atoms with Gasteiger partial charge < -0.3 is 37.0 Å². The second-order valence-corrected chi connectivity index (χ2v) is 4.76. The average molecular weight is 352 g/mol. The number of aliphatic hydroxyl groups is 2. The van der Waals surface area contributed by atoms with Crippen LogP contribution in [-0.2, 0) is 19.2 Å². The van der Waals surface area contributed by atoms with Crippen LogP contribution >= 0.6 is 12.6 Å².